The smallest absolute Gasteiger partial charge is 0.0714 e. The lowest BCUT2D eigenvalue weighted by molar-refractivity contribution is 0.672. The Balaban J connectivity index is 1.04. The third-order valence-electron chi connectivity index (χ3n) is 14.9. The second-order valence-corrected chi connectivity index (χ2v) is 18.8. The molecular weight excluding hydrogens is 807 g/mol. The molecule has 11 aromatic rings. The van der Waals surface area contributed by atoms with Crippen molar-refractivity contribution in [2.75, 3.05) is 4.90 Å². The van der Waals surface area contributed by atoms with Crippen molar-refractivity contribution in [1.82, 2.24) is 0 Å². The summed E-state index contributed by atoms with van der Waals surface area (Å²) in [5.41, 5.74) is 20.5. The second-order valence-electron chi connectivity index (χ2n) is 18.8. The second kappa shape index (κ2) is 15.2. The Bertz CT molecular complexity index is 3660. The van der Waals surface area contributed by atoms with Crippen molar-refractivity contribution in [3.05, 3.63) is 282 Å². The molecule has 1 nitrogen and oxygen atoms in total. The maximum Gasteiger partial charge on any atom is 0.0714 e. The van der Waals surface area contributed by atoms with Crippen LogP contribution in [0.2, 0.25) is 0 Å². The predicted octanol–water partition coefficient (Wildman–Crippen LogP) is 17.5. The van der Waals surface area contributed by atoms with Crippen LogP contribution >= 0.6 is 0 Å². The van der Waals surface area contributed by atoms with Gasteiger partial charge in [0.2, 0.25) is 0 Å². The van der Waals surface area contributed by atoms with E-state index < -0.39 is 5.41 Å². The lowest BCUT2D eigenvalue weighted by Gasteiger charge is -2.35. The van der Waals surface area contributed by atoms with Gasteiger partial charge in [0.25, 0.3) is 0 Å². The molecule has 0 saturated heterocycles. The van der Waals surface area contributed by atoms with E-state index in [0.29, 0.717) is 0 Å². The molecule has 2 aliphatic rings. The van der Waals surface area contributed by atoms with Crippen molar-refractivity contribution in [2.24, 2.45) is 0 Å². The minimum Gasteiger partial charge on any atom is -0.310 e. The molecule has 0 radical (unpaired) electrons. The van der Waals surface area contributed by atoms with Crippen LogP contribution in [0, 0.1) is 0 Å². The minimum atomic E-state index is -0.530. The van der Waals surface area contributed by atoms with Gasteiger partial charge in [0, 0.05) is 22.4 Å². The first-order valence-electron chi connectivity index (χ1n) is 23.5. The number of fused-ring (bicyclic) bond motifs is 10. The van der Waals surface area contributed by atoms with E-state index in [1.807, 2.05) is 0 Å². The monoisotopic (exact) mass is 853 g/mol. The van der Waals surface area contributed by atoms with Gasteiger partial charge in [-0.25, -0.2) is 0 Å². The number of rotatable bonds is 7. The van der Waals surface area contributed by atoms with Gasteiger partial charge in [0.1, 0.15) is 0 Å². The highest BCUT2D eigenvalue weighted by Gasteiger charge is 2.46. The summed E-state index contributed by atoms with van der Waals surface area (Å²) in [5, 5.41) is 5.16. The van der Waals surface area contributed by atoms with Gasteiger partial charge < -0.3 is 4.90 Å². The first-order valence-corrected chi connectivity index (χ1v) is 23.5. The zero-order valence-corrected chi connectivity index (χ0v) is 37.6. The van der Waals surface area contributed by atoms with E-state index in [-0.39, 0.29) is 5.41 Å². The van der Waals surface area contributed by atoms with Crippen LogP contribution in [0.25, 0.3) is 66.1 Å². The number of para-hydroxylation sites is 1. The SMILES string of the molecule is CC1(C)c2c(ccc3ccccc23)-c2ccc3cc(N(c4ccc5c(c4)C(c4ccccc4)(c4ccccc4)c4ccccc4-5)c4ccccc4-c4ccc(-c5ccccc5)cc4)ccc3c21. The van der Waals surface area contributed by atoms with Gasteiger partial charge >= 0.3 is 0 Å². The number of benzene rings is 11. The summed E-state index contributed by atoms with van der Waals surface area (Å²) in [6.07, 6.45) is 0. The van der Waals surface area contributed by atoms with Crippen molar-refractivity contribution in [1.29, 1.82) is 0 Å². The number of hydrogen-bond acceptors (Lipinski definition) is 1. The van der Waals surface area contributed by atoms with E-state index in [1.54, 1.807) is 0 Å². The third-order valence-corrected chi connectivity index (χ3v) is 14.9. The molecule has 0 saturated carbocycles. The summed E-state index contributed by atoms with van der Waals surface area (Å²) < 4.78 is 0. The molecule has 0 fully saturated rings. The quantitative estimate of drug-likeness (QED) is 0.154. The molecule has 67 heavy (non-hydrogen) atoms. The Labute approximate surface area is 392 Å². The zero-order chi connectivity index (χ0) is 44.7. The van der Waals surface area contributed by atoms with Crippen molar-refractivity contribution >= 4 is 38.6 Å². The molecular formula is C66H47N. The van der Waals surface area contributed by atoms with Crippen LogP contribution in [0.1, 0.15) is 47.2 Å². The summed E-state index contributed by atoms with van der Waals surface area (Å²) in [4.78, 5) is 2.50. The summed E-state index contributed by atoms with van der Waals surface area (Å²) in [6.45, 7) is 4.83. The fourth-order valence-corrected chi connectivity index (χ4v) is 12.0. The summed E-state index contributed by atoms with van der Waals surface area (Å²) in [5.74, 6) is 0. The average molecular weight is 854 g/mol. The van der Waals surface area contributed by atoms with Gasteiger partial charge in [-0.05, 0) is 124 Å². The topological polar surface area (TPSA) is 3.24 Å². The van der Waals surface area contributed by atoms with Crippen molar-refractivity contribution in [3.63, 3.8) is 0 Å². The molecule has 0 aromatic heterocycles. The van der Waals surface area contributed by atoms with Crippen molar-refractivity contribution in [3.8, 4) is 44.5 Å². The van der Waals surface area contributed by atoms with E-state index in [1.165, 1.54) is 99.4 Å². The van der Waals surface area contributed by atoms with Gasteiger partial charge in [-0.3, -0.25) is 0 Å². The summed E-state index contributed by atoms with van der Waals surface area (Å²) >= 11 is 0. The Morgan fingerprint density at radius 3 is 1.52 bits per heavy atom. The maximum absolute atomic E-state index is 2.50. The molecule has 0 aliphatic heterocycles. The van der Waals surface area contributed by atoms with Crippen LogP contribution in [0.15, 0.2) is 249 Å². The molecule has 0 atom stereocenters. The predicted molar refractivity (Wildman–Crippen MR) is 282 cm³/mol. The first-order chi connectivity index (χ1) is 33.0. The van der Waals surface area contributed by atoms with E-state index in [0.717, 1.165) is 17.1 Å². The van der Waals surface area contributed by atoms with Crippen LogP contribution in [0.4, 0.5) is 17.1 Å². The first kappa shape index (κ1) is 39.1. The Hall–Kier alpha value is -8.26. The molecule has 0 unspecified atom stereocenters. The maximum atomic E-state index is 2.50. The van der Waals surface area contributed by atoms with Gasteiger partial charge in [-0.1, -0.05) is 232 Å². The largest absolute Gasteiger partial charge is 0.310 e. The normalized spacial score (nSPS) is 13.8. The van der Waals surface area contributed by atoms with E-state index >= 15 is 0 Å². The number of nitrogens with zero attached hydrogens (tertiary/aromatic N) is 1. The van der Waals surface area contributed by atoms with Crippen LogP contribution in [0.5, 0.6) is 0 Å². The Morgan fingerprint density at radius 1 is 0.313 bits per heavy atom. The molecule has 316 valence electrons. The Kier molecular flexibility index (Phi) is 8.85. The molecule has 2 aliphatic carbocycles. The van der Waals surface area contributed by atoms with E-state index in [9.17, 15) is 0 Å². The van der Waals surface area contributed by atoms with E-state index in [4.69, 9.17) is 0 Å². The average Bonchev–Trinajstić information content (AvgIpc) is 3.83. The molecule has 13 rings (SSSR count). The number of anilines is 3. The van der Waals surface area contributed by atoms with Gasteiger partial charge in [0.05, 0.1) is 11.1 Å². The van der Waals surface area contributed by atoms with Crippen molar-refractivity contribution in [2.45, 2.75) is 24.7 Å². The highest BCUT2D eigenvalue weighted by molar-refractivity contribution is 6.05. The fraction of sp³-hybridized carbons (Fsp3) is 0.0606. The van der Waals surface area contributed by atoms with Gasteiger partial charge in [0.15, 0.2) is 0 Å². The molecule has 0 bridgehead atoms. The molecule has 0 heterocycles. The summed E-state index contributed by atoms with van der Waals surface area (Å²) in [6, 6.07) is 92.5. The lowest BCUT2D eigenvalue weighted by Crippen LogP contribution is -2.28. The lowest BCUT2D eigenvalue weighted by atomic mass is 9.67. The van der Waals surface area contributed by atoms with Crippen LogP contribution in [-0.2, 0) is 10.8 Å². The molecule has 1 heteroatoms. The fourth-order valence-electron chi connectivity index (χ4n) is 12.0. The van der Waals surface area contributed by atoms with Crippen LogP contribution in [-0.4, -0.2) is 0 Å². The van der Waals surface area contributed by atoms with E-state index in [2.05, 4.69) is 267 Å². The zero-order valence-electron chi connectivity index (χ0n) is 37.6. The Morgan fingerprint density at radius 2 is 0.806 bits per heavy atom. The minimum absolute atomic E-state index is 0.183. The van der Waals surface area contributed by atoms with Crippen molar-refractivity contribution < 1.29 is 0 Å². The molecule has 0 N–H and O–H groups in total. The van der Waals surface area contributed by atoms with Crippen LogP contribution < -0.4 is 4.90 Å². The van der Waals surface area contributed by atoms with Crippen LogP contribution in [0.3, 0.4) is 0 Å². The van der Waals surface area contributed by atoms with Gasteiger partial charge in [-0.2, -0.15) is 0 Å². The van der Waals surface area contributed by atoms with Gasteiger partial charge in [-0.15, -0.1) is 0 Å². The highest BCUT2D eigenvalue weighted by atomic mass is 15.1. The standard InChI is InChI=1S/C66H47N/c1-65(2)63-54-26-13-12-20-46(54)34-38-58(63)59-39-35-48-42-51(36-40-55(48)64(59)65)67(62-29-17-15-25-53(62)47-32-30-45(31-33-47)44-18-6-3-7-19-44)52-37-41-57-56-27-14-16-28-60(56)66(61(57)43-52,49-21-8-4-9-22-49)50-23-10-5-11-24-50/h3-43H,1-2H3. The molecule has 0 spiro atoms. The third kappa shape index (κ3) is 5.88. The number of hydrogen-bond donors (Lipinski definition) is 0. The molecule has 11 aromatic carbocycles. The summed E-state index contributed by atoms with van der Waals surface area (Å²) in [7, 11) is 0. The highest BCUT2D eigenvalue weighted by Crippen LogP contribution is 2.58. The molecule has 0 amide bonds.